The van der Waals surface area contributed by atoms with Crippen LogP contribution in [0.1, 0.15) is 42.1 Å². The smallest absolute Gasteiger partial charge is 0.352 e. The lowest BCUT2D eigenvalue weighted by molar-refractivity contribution is -0.137. The summed E-state index contributed by atoms with van der Waals surface area (Å²) >= 11 is 3.38. The van der Waals surface area contributed by atoms with Gasteiger partial charge in [-0.3, -0.25) is 4.79 Å². The normalized spacial score (nSPS) is 13.0. The Labute approximate surface area is 131 Å². The van der Waals surface area contributed by atoms with Gasteiger partial charge in [-0.05, 0) is 43.0 Å². The Hall–Kier alpha value is -1.04. The molecule has 0 radical (unpaired) electrons. The molecule has 0 aliphatic heterocycles. The van der Waals surface area contributed by atoms with Gasteiger partial charge in [-0.15, -0.1) is 0 Å². The van der Waals surface area contributed by atoms with E-state index in [1.165, 1.54) is 12.1 Å². The van der Waals surface area contributed by atoms with Gasteiger partial charge in [0.15, 0.2) is 0 Å². The standard InChI is InChI=1S/C15H19BrF3NO/c1-2-3-11(8-9-16)10-20-14(21)12-4-6-13(7-5-12)15(17,18)19/h4-7,11H,2-3,8-10H2,1H3,(H,20,21). The van der Waals surface area contributed by atoms with E-state index in [1.807, 2.05) is 0 Å². The maximum atomic E-state index is 12.4. The van der Waals surface area contributed by atoms with Crippen LogP contribution >= 0.6 is 15.9 Å². The molecular formula is C15H19BrF3NO. The minimum atomic E-state index is -4.38. The highest BCUT2D eigenvalue weighted by molar-refractivity contribution is 9.09. The van der Waals surface area contributed by atoms with Gasteiger partial charge in [0, 0.05) is 17.4 Å². The summed E-state index contributed by atoms with van der Waals surface area (Å²) in [5.74, 6) is 0.0483. The van der Waals surface area contributed by atoms with Crippen LogP contribution in [0.4, 0.5) is 13.2 Å². The third-order valence-electron chi connectivity index (χ3n) is 3.24. The summed E-state index contributed by atoms with van der Waals surface area (Å²) in [7, 11) is 0. The number of carbonyl (C=O) groups is 1. The zero-order chi connectivity index (χ0) is 15.9. The van der Waals surface area contributed by atoms with Crippen molar-refractivity contribution in [3.05, 3.63) is 35.4 Å². The average Bonchev–Trinajstić information content (AvgIpc) is 2.44. The SMILES string of the molecule is CCCC(CCBr)CNC(=O)c1ccc(C(F)(F)F)cc1. The molecule has 0 bridgehead atoms. The molecule has 0 saturated carbocycles. The topological polar surface area (TPSA) is 29.1 Å². The third-order valence-corrected chi connectivity index (χ3v) is 3.70. The first-order valence-corrected chi connectivity index (χ1v) is 8.02. The van der Waals surface area contributed by atoms with Crippen molar-refractivity contribution in [3.8, 4) is 0 Å². The van der Waals surface area contributed by atoms with Crippen LogP contribution in [-0.2, 0) is 6.18 Å². The predicted molar refractivity (Wildman–Crippen MR) is 80.6 cm³/mol. The minimum absolute atomic E-state index is 0.247. The quantitative estimate of drug-likeness (QED) is 0.700. The second-order valence-corrected chi connectivity index (χ2v) is 5.71. The molecule has 0 saturated heterocycles. The molecule has 0 spiro atoms. The Bertz CT molecular complexity index is 439. The van der Waals surface area contributed by atoms with Gasteiger partial charge in [-0.2, -0.15) is 13.2 Å². The Balaban J connectivity index is 2.59. The summed E-state index contributed by atoms with van der Waals surface area (Å²) in [6, 6.07) is 4.27. The molecule has 1 unspecified atom stereocenters. The molecule has 0 aromatic heterocycles. The number of benzene rings is 1. The zero-order valence-corrected chi connectivity index (χ0v) is 13.4. The first kappa shape index (κ1) is 18.0. The predicted octanol–water partition coefficient (Wildman–Crippen LogP) is 4.64. The van der Waals surface area contributed by atoms with Crippen molar-refractivity contribution < 1.29 is 18.0 Å². The van der Waals surface area contributed by atoms with Crippen molar-refractivity contribution in [1.29, 1.82) is 0 Å². The highest BCUT2D eigenvalue weighted by Crippen LogP contribution is 2.29. The van der Waals surface area contributed by atoms with Gasteiger partial charge in [0.25, 0.3) is 5.91 Å². The number of alkyl halides is 4. The molecule has 21 heavy (non-hydrogen) atoms. The van der Waals surface area contributed by atoms with Crippen LogP contribution in [-0.4, -0.2) is 17.8 Å². The van der Waals surface area contributed by atoms with Gasteiger partial charge in [0.05, 0.1) is 5.56 Å². The van der Waals surface area contributed by atoms with Crippen LogP contribution in [0.5, 0.6) is 0 Å². The summed E-state index contributed by atoms with van der Waals surface area (Å²) in [6.45, 7) is 2.62. The maximum Gasteiger partial charge on any atom is 0.416 e. The first-order valence-electron chi connectivity index (χ1n) is 6.90. The zero-order valence-electron chi connectivity index (χ0n) is 11.8. The fraction of sp³-hybridized carbons (Fsp3) is 0.533. The van der Waals surface area contributed by atoms with Gasteiger partial charge in [-0.25, -0.2) is 0 Å². The monoisotopic (exact) mass is 365 g/mol. The lowest BCUT2D eigenvalue weighted by atomic mass is 10.0. The second kappa shape index (κ2) is 8.41. The van der Waals surface area contributed by atoms with Crippen LogP contribution in [0.2, 0.25) is 0 Å². The van der Waals surface area contributed by atoms with Crippen molar-refractivity contribution in [2.75, 3.05) is 11.9 Å². The van der Waals surface area contributed by atoms with Crippen LogP contribution in [0.25, 0.3) is 0 Å². The lowest BCUT2D eigenvalue weighted by Crippen LogP contribution is -2.29. The number of hydrogen-bond donors (Lipinski definition) is 1. The first-order chi connectivity index (χ1) is 9.88. The maximum absolute atomic E-state index is 12.4. The van der Waals surface area contributed by atoms with E-state index in [9.17, 15) is 18.0 Å². The fourth-order valence-electron chi connectivity index (χ4n) is 2.06. The van der Waals surface area contributed by atoms with E-state index in [0.29, 0.717) is 12.5 Å². The summed E-state index contributed by atoms with van der Waals surface area (Å²) in [5.41, 5.74) is -0.501. The molecule has 6 heteroatoms. The molecule has 0 aliphatic carbocycles. The Morgan fingerprint density at radius 1 is 1.24 bits per heavy atom. The molecular weight excluding hydrogens is 347 g/mol. The lowest BCUT2D eigenvalue weighted by Gasteiger charge is -2.15. The van der Waals surface area contributed by atoms with Crippen molar-refractivity contribution >= 4 is 21.8 Å². The van der Waals surface area contributed by atoms with Crippen molar-refractivity contribution in [1.82, 2.24) is 5.32 Å². The molecule has 1 rings (SSSR count). The number of rotatable bonds is 7. The molecule has 2 nitrogen and oxygen atoms in total. The van der Waals surface area contributed by atoms with E-state index in [0.717, 1.165) is 36.7 Å². The number of amides is 1. The fourth-order valence-corrected chi connectivity index (χ4v) is 2.71. The van der Waals surface area contributed by atoms with Gasteiger partial charge >= 0.3 is 6.18 Å². The number of nitrogens with one attached hydrogen (secondary N) is 1. The summed E-state index contributed by atoms with van der Waals surface area (Å²) in [5, 5.41) is 3.65. The molecule has 0 heterocycles. The van der Waals surface area contributed by atoms with Crippen molar-refractivity contribution in [2.45, 2.75) is 32.4 Å². The molecule has 1 N–H and O–H groups in total. The van der Waals surface area contributed by atoms with Gasteiger partial charge in [0.1, 0.15) is 0 Å². The summed E-state index contributed by atoms with van der Waals surface area (Å²) in [6.07, 6.45) is -1.37. The van der Waals surface area contributed by atoms with E-state index < -0.39 is 11.7 Å². The number of hydrogen-bond acceptors (Lipinski definition) is 1. The molecule has 1 atom stereocenters. The van der Waals surface area contributed by atoms with Crippen molar-refractivity contribution in [2.24, 2.45) is 5.92 Å². The van der Waals surface area contributed by atoms with Gasteiger partial charge < -0.3 is 5.32 Å². The van der Waals surface area contributed by atoms with Crippen LogP contribution in [0, 0.1) is 5.92 Å². The highest BCUT2D eigenvalue weighted by atomic mass is 79.9. The molecule has 0 aliphatic rings. The van der Waals surface area contributed by atoms with Crippen LogP contribution in [0.15, 0.2) is 24.3 Å². The number of carbonyl (C=O) groups excluding carboxylic acids is 1. The third kappa shape index (κ3) is 6.08. The van der Waals surface area contributed by atoms with Crippen LogP contribution in [0.3, 0.4) is 0 Å². The van der Waals surface area contributed by atoms with Gasteiger partial charge in [-0.1, -0.05) is 29.3 Å². The highest BCUT2D eigenvalue weighted by Gasteiger charge is 2.30. The van der Waals surface area contributed by atoms with Crippen LogP contribution < -0.4 is 5.32 Å². The summed E-state index contributed by atoms with van der Waals surface area (Å²) in [4.78, 5) is 11.9. The Kier molecular flexibility index (Phi) is 7.22. The Morgan fingerprint density at radius 3 is 2.33 bits per heavy atom. The number of halogens is 4. The molecule has 1 aromatic rings. The van der Waals surface area contributed by atoms with E-state index in [-0.39, 0.29) is 11.5 Å². The average molecular weight is 366 g/mol. The van der Waals surface area contributed by atoms with E-state index >= 15 is 0 Å². The molecule has 0 fully saturated rings. The molecule has 1 aromatic carbocycles. The van der Waals surface area contributed by atoms with E-state index in [4.69, 9.17) is 0 Å². The largest absolute Gasteiger partial charge is 0.416 e. The van der Waals surface area contributed by atoms with Gasteiger partial charge in [0.2, 0.25) is 0 Å². The molecule has 1 amide bonds. The Morgan fingerprint density at radius 2 is 1.86 bits per heavy atom. The van der Waals surface area contributed by atoms with E-state index in [1.54, 1.807) is 0 Å². The second-order valence-electron chi connectivity index (χ2n) is 4.92. The summed E-state index contributed by atoms with van der Waals surface area (Å²) < 4.78 is 37.3. The molecule has 118 valence electrons. The van der Waals surface area contributed by atoms with E-state index in [2.05, 4.69) is 28.2 Å². The van der Waals surface area contributed by atoms with Crippen molar-refractivity contribution in [3.63, 3.8) is 0 Å². The minimum Gasteiger partial charge on any atom is -0.352 e.